The Labute approximate surface area is 150 Å². The summed E-state index contributed by atoms with van der Waals surface area (Å²) >= 11 is 0. The number of carbonyl (C=O) groups excluding carboxylic acids is 3. The van der Waals surface area contributed by atoms with Crippen LogP contribution in [0.25, 0.3) is 0 Å². The van der Waals surface area contributed by atoms with Gasteiger partial charge in [0.25, 0.3) is 11.8 Å². The van der Waals surface area contributed by atoms with Crippen molar-refractivity contribution >= 4 is 23.5 Å². The standard InChI is InChI=1S/C18H19N3O5/c1-25-8-7-20-16(22)13-9-14(11-19-10-13)17(23)21-15-5-3-12(4-6-15)18(24)26-2/h3-6,9-11H,7-8H2,1-2H3,(H,20,22)(H,21,23). The number of nitrogens with zero attached hydrogens (tertiary/aromatic N) is 1. The zero-order valence-corrected chi connectivity index (χ0v) is 14.4. The van der Waals surface area contributed by atoms with Gasteiger partial charge in [0.2, 0.25) is 0 Å². The molecule has 0 unspecified atom stereocenters. The summed E-state index contributed by atoms with van der Waals surface area (Å²) in [6.07, 6.45) is 2.74. The Hall–Kier alpha value is -3.26. The molecule has 2 N–H and O–H groups in total. The van der Waals surface area contributed by atoms with Crippen LogP contribution in [0.4, 0.5) is 5.69 Å². The summed E-state index contributed by atoms with van der Waals surface area (Å²) in [6, 6.07) is 7.70. The van der Waals surface area contributed by atoms with Gasteiger partial charge in [0, 0.05) is 31.7 Å². The lowest BCUT2D eigenvalue weighted by Crippen LogP contribution is -2.27. The first-order chi connectivity index (χ1) is 12.5. The molecule has 0 fully saturated rings. The van der Waals surface area contributed by atoms with E-state index in [0.29, 0.717) is 24.4 Å². The van der Waals surface area contributed by atoms with Crippen LogP contribution in [0.3, 0.4) is 0 Å². The van der Waals surface area contributed by atoms with Crippen molar-refractivity contribution in [2.75, 3.05) is 32.7 Å². The highest BCUT2D eigenvalue weighted by molar-refractivity contribution is 6.06. The summed E-state index contributed by atoms with van der Waals surface area (Å²) in [4.78, 5) is 39.7. The number of pyridine rings is 1. The molecule has 8 heteroatoms. The smallest absolute Gasteiger partial charge is 0.337 e. The van der Waals surface area contributed by atoms with Crippen molar-refractivity contribution in [1.29, 1.82) is 0 Å². The maximum absolute atomic E-state index is 12.3. The number of ether oxygens (including phenoxy) is 2. The van der Waals surface area contributed by atoms with Crippen molar-refractivity contribution in [2.24, 2.45) is 0 Å². The molecule has 0 saturated heterocycles. The second-order valence-corrected chi connectivity index (χ2v) is 5.23. The quantitative estimate of drug-likeness (QED) is 0.574. The molecule has 0 aliphatic rings. The van der Waals surface area contributed by atoms with Gasteiger partial charge in [-0.15, -0.1) is 0 Å². The molecule has 8 nitrogen and oxygen atoms in total. The van der Waals surface area contributed by atoms with E-state index >= 15 is 0 Å². The maximum atomic E-state index is 12.3. The van der Waals surface area contributed by atoms with Crippen molar-refractivity contribution in [1.82, 2.24) is 10.3 Å². The number of aromatic nitrogens is 1. The number of methoxy groups -OCH3 is 2. The highest BCUT2D eigenvalue weighted by Crippen LogP contribution is 2.12. The summed E-state index contributed by atoms with van der Waals surface area (Å²) in [5.41, 5.74) is 1.38. The Balaban J connectivity index is 2.04. The topological polar surface area (TPSA) is 107 Å². The molecular formula is C18H19N3O5. The van der Waals surface area contributed by atoms with Crippen molar-refractivity contribution in [3.05, 3.63) is 59.4 Å². The number of hydrogen-bond donors (Lipinski definition) is 2. The van der Waals surface area contributed by atoms with Crippen LogP contribution in [0.2, 0.25) is 0 Å². The number of nitrogens with one attached hydrogen (secondary N) is 2. The van der Waals surface area contributed by atoms with Crippen LogP contribution < -0.4 is 10.6 Å². The zero-order valence-electron chi connectivity index (χ0n) is 14.4. The highest BCUT2D eigenvalue weighted by atomic mass is 16.5. The Morgan fingerprint density at radius 1 is 0.962 bits per heavy atom. The van der Waals surface area contributed by atoms with E-state index in [2.05, 4.69) is 20.4 Å². The van der Waals surface area contributed by atoms with E-state index in [1.807, 2.05) is 0 Å². The zero-order chi connectivity index (χ0) is 18.9. The second-order valence-electron chi connectivity index (χ2n) is 5.23. The van der Waals surface area contributed by atoms with Gasteiger partial charge in [-0.3, -0.25) is 14.6 Å². The summed E-state index contributed by atoms with van der Waals surface area (Å²) in [5.74, 6) is -1.22. The number of anilines is 1. The minimum absolute atomic E-state index is 0.237. The van der Waals surface area contributed by atoms with Gasteiger partial charge < -0.3 is 20.1 Å². The third kappa shape index (κ3) is 5.12. The lowest BCUT2D eigenvalue weighted by atomic mass is 10.1. The molecule has 0 bridgehead atoms. The molecule has 26 heavy (non-hydrogen) atoms. The number of carbonyl (C=O) groups is 3. The largest absolute Gasteiger partial charge is 0.465 e. The van der Waals surface area contributed by atoms with Gasteiger partial charge in [0.05, 0.1) is 30.4 Å². The molecule has 2 amide bonds. The van der Waals surface area contributed by atoms with E-state index < -0.39 is 11.9 Å². The fourth-order valence-corrected chi connectivity index (χ4v) is 2.07. The molecule has 2 aromatic rings. The highest BCUT2D eigenvalue weighted by Gasteiger charge is 2.12. The van der Waals surface area contributed by atoms with Crippen LogP contribution in [0.1, 0.15) is 31.1 Å². The van der Waals surface area contributed by atoms with Gasteiger partial charge in [-0.25, -0.2) is 4.79 Å². The van der Waals surface area contributed by atoms with E-state index in [1.54, 1.807) is 24.3 Å². The number of esters is 1. The summed E-state index contributed by atoms with van der Waals surface area (Å²) < 4.78 is 9.48. The Morgan fingerprint density at radius 3 is 2.23 bits per heavy atom. The lowest BCUT2D eigenvalue weighted by molar-refractivity contribution is 0.0600. The van der Waals surface area contributed by atoms with Gasteiger partial charge in [-0.1, -0.05) is 0 Å². The predicted molar refractivity (Wildman–Crippen MR) is 94.2 cm³/mol. The lowest BCUT2D eigenvalue weighted by Gasteiger charge is -2.08. The van der Waals surface area contributed by atoms with Crippen LogP contribution in [0.5, 0.6) is 0 Å². The van der Waals surface area contributed by atoms with Crippen LogP contribution in [-0.4, -0.2) is 50.1 Å². The SMILES string of the molecule is COCCNC(=O)c1cncc(C(=O)Nc2ccc(C(=O)OC)cc2)c1. The fraction of sp³-hybridized carbons (Fsp3) is 0.222. The molecule has 136 valence electrons. The minimum Gasteiger partial charge on any atom is -0.465 e. The van der Waals surface area contributed by atoms with Gasteiger partial charge in [-0.2, -0.15) is 0 Å². The van der Waals surface area contributed by atoms with Crippen LogP contribution in [0.15, 0.2) is 42.7 Å². The second kappa shape index (κ2) is 9.28. The maximum Gasteiger partial charge on any atom is 0.337 e. The fourth-order valence-electron chi connectivity index (χ4n) is 2.07. The first-order valence-corrected chi connectivity index (χ1v) is 7.77. The number of rotatable bonds is 7. The van der Waals surface area contributed by atoms with Gasteiger partial charge in [0.15, 0.2) is 0 Å². The first-order valence-electron chi connectivity index (χ1n) is 7.77. The summed E-state index contributed by atoms with van der Waals surface area (Å²) in [7, 11) is 2.83. The predicted octanol–water partition coefficient (Wildman–Crippen LogP) is 1.50. The van der Waals surface area contributed by atoms with E-state index in [1.165, 1.54) is 32.7 Å². The number of amides is 2. The third-order valence-electron chi connectivity index (χ3n) is 3.42. The molecule has 0 spiro atoms. The van der Waals surface area contributed by atoms with Crippen LogP contribution in [-0.2, 0) is 9.47 Å². The molecule has 0 aliphatic heterocycles. The Kier molecular flexibility index (Phi) is 6.81. The first kappa shape index (κ1) is 19.1. The van der Waals surface area contributed by atoms with Gasteiger partial charge in [-0.05, 0) is 30.3 Å². The molecule has 0 radical (unpaired) electrons. The Morgan fingerprint density at radius 2 is 1.62 bits per heavy atom. The molecular weight excluding hydrogens is 338 g/mol. The van der Waals surface area contributed by atoms with Gasteiger partial charge in [0.1, 0.15) is 0 Å². The van der Waals surface area contributed by atoms with Crippen molar-refractivity contribution < 1.29 is 23.9 Å². The summed E-state index contributed by atoms with van der Waals surface area (Å²) in [6.45, 7) is 0.749. The molecule has 1 aromatic carbocycles. The molecule has 1 heterocycles. The van der Waals surface area contributed by atoms with Crippen molar-refractivity contribution in [3.8, 4) is 0 Å². The van der Waals surface area contributed by atoms with Crippen LogP contribution >= 0.6 is 0 Å². The van der Waals surface area contributed by atoms with E-state index in [9.17, 15) is 14.4 Å². The number of benzene rings is 1. The van der Waals surface area contributed by atoms with E-state index in [0.717, 1.165) is 0 Å². The van der Waals surface area contributed by atoms with Crippen molar-refractivity contribution in [3.63, 3.8) is 0 Å². The molecule has 2 rings (SSSR count). The minimum atomic E-state index is -0.459. The van der Waals surface area contributed by atoms with Crippen LogP contribution in [0, 0.1) is 0 Å². The molecule has 0 aliphatic carbocycles. The monoisotopic (exact) mass is 357 g/mol. The molecule has 0 atom stereocenters. The molecule has 1 aromatic heterocycles. The van der Waals surface area contributed by atoms with Gasteiger partial charge >= 0.3 is 5.97 Å². The van der Waals surface area contributed by atoms with E-state index in [4.69, 9.17) is 4.74 Å². The Bertz CT molecular complexity index is 790. The van der Waals surface area contributed by atoms with Crippen molar-refractivity contribution in [2.45, 2.75) is 0 Å². The average molecular weight is 357 g/mol. The summed E-state index contributed by atoms with van der Waals surface area (Å²) in [5, 5.41) is 5.34. The third-order valence-corrected chi connectivity index (χ3v) is 3.42. The number of hydrogen-bond acceptors (Lipinski definition) is 6. The van der Waals surface area contributed by atoms with E-state index in [-0.39, 0.29) is 17.0 Å². The normalized spacial score (nSPS) is 10.1. The molecule has 0 saturated carbocycles. The average Bonchev–Trinajstić information content (AvgIpc) is 2.68.